The van der Waals surface area contributed by atoms with Gasteiger partial charge in [-0.3, -0.25) is 0 Å². The Labute approximate surface area is 104 Å². The third-order valence-corrected chi connectivity index (χ3v) is 3.26. The van der Waals surface area contributed by atoms with Gasteiger partial charge in [-0.15, -0.1) is 0 Å². The molecule has 0 fully saturated rings. The number of aryl methyl sites for hydroxylation is 2. The second-order valence-corrected chi connectivity index (χ2v) is 4.49. The second kappa shape index (κ2) is 5.20. The lowest BCUT2D eigenvalue weighted by Crippen LogP contribution is -2.10. The van der Waals surface area contributed by atoms with Crippen LogP contribution in [0.2, 0.25) is 0 Å². The van der Waals surface area contributed by atoms with Crippen LogP contribution in [-0.2, 0) is 5.75 Å². The molecule has 5 nitrogen and oxygen atoms in total. The fourth-order valence-electron chi connectivity index (χ4n) is 1.33. The summed E-state index contributed by atoms with van der Waals surface area (Å²) in [7, 11) is 0. The average molecular weight is 250 g/mol. The molecule has 0 unspecified atom stereocenters. The Kier molecular flexibility index (Phi) is 3.65. The van der Waals surface area contributed by atoms with Crippen LogP contribution in [0.3, 0.4) is 0 Å². The third kappa shape index (κ3) is 2.78. The molecule has 2 aromatic rings. The molecule has 0 saturated carbocycles. The van der Waals surface area contributed by atoms with Crippen LogP contribution in [0.4, 0.5) is 5.82 Å². The van der Waals surface area contributed by atoms with E-state index in [0.29, 0.717) is 16.8 Å². The summed E-state index contributed by atoms with van der Waals surface area (Å²) >= 11 is 1.52. The predicted molar refractivity (Wildman–Crippen MR) is 67.6 cm³/mol. The summed E-state index contributed by atoms with van der Waals surface area (Å²) in [5.74, 6) is 7.64. The van der Waals surface area contributed by atoms with Crippen LogP contribution in [0, 0.1) is 13.8 Å². The van der Waals surface area contributed by atoms with E-state index in [1.54, 1.807) is 6.20 Å². The van der Waals surface area contributed by atoms with Crippen molar-refractivity contribution in [2.45, 2.75) is 24.8 Å². The molecule has 0 aliphatic heterocycles. The monoisotopic (exact) mass is 250 g/mol. The third-order valence-electron chi connectivity index (χ3n) is 2.39. The molecule has 0 bridgehead atoms. The molecular weight excluding hydrogens is 236 g/mol. The van der Waals surface area contributed by atoms with Gasteiger partial charge in [0, 0.05) is 17.5 Å². The van der Waals surface area contributed by atoms with Crippen LogP contribution in [0.15, 0.2) is 28.0 Å². The van der Waals surface area contributed by atoms with E-state index in [1.807, 2.05) is 26.0 Å². The minimum atomic E-state index is 0.673. The van der Waals surface area contributed by atoms with E-state index in [9.17, 15) is 0 Å². The molecule has 0 aliphatic rings. The Morgan fingerprint density at radius 3 is 2.94 bits per heavy atom. The minimum Gasteiger partial charge on any atom is -0.437 e. The molecule has 0 amide bonds. The van der Waals surface area contributed by atoms with E-state index < -0.39 is 0 Å². The van der Waals surface area contributed by atoms with Crippen LogP contribution >= 0.6 is 11.8 Å². The number of hydrogen-bond acceptors (Lipinski definition) is 6. The summed E-state index contributed by atoms with van der Waals surface area (Å²) in [6.07, 6.45) is 1.70. The summed E-state index contributed by atoms with van der Waals surface area (Å²) in [6.45, 7) is 3.84. The number of hydrogen-bond donors (Lipinski definition) is 2. The lowest BCUT2D eigenvalue weighted by atomic mass is 10.3. The minimum absolute atomic E-state index is 0.673. The van der Waals surface area contributed by atoms with Gasteiger partial charge in [0.25, 0.3) is 5.22 Å². The van der Waals surface area contributed by atoms with Crippen molar-refractivity contribution >= 4 is 17.6 Å². The molecule has 0 spiro atoms. The number of pyridine rings is 1. The average Bonchev–Trinajstić information content (AvgIpc) is 2.66. The number of thioether (sulfide) groups is 1. The first-order valence-corrected chi connectivity index (χ1v) is 6.16. The van der Waals surface area contributed by atoms with Crippen molar-refractivity contribution in [2.75, 3.05) is 5.43 Å². The largest absolute Gasteiger partial charge is 0.437 e. The first-order chi connectivity index (χ1) is 8.20. The molecule has 90 valence electrons. The highest BCUT2D eigenvalue weighted by molar-refractivity contribution is 7.98. The Bertz CT molecular complexity index is 492. The van der Waals surface area contributed by atoms with Gasteiger partial charge in [-0.05, 0) is 19.9 Å². The zero-order chi connectivity index (χ0) is 12.3. The summed E-state index contributed by atoms with van der Waals surface area (Å²) in [5, 5.41) is 0.673. The van der Waals surface area contributed by atoms with E-state index in [4.69, 9.17) is 10.3 Å². The number of nitrogens with zero attached hydrogens (tertiary/aromatic N) is 2. The summed E-state index contributed by atoms with van der Waals surface area (Å²) in [6, 6.07) is 3.85. The second-order valence-electron chi connectivity index (χ2n) is 3.57. The number of aromatic nitrogens is 2. The number of nitrogen functional groups attached to an aromatic ring is 1. The summed E-state index contributed by atoms with van der Waals surface area (Å²) < 4.78 is 5.49. The smallest absolute Gasteiger partial charge is 0.256 e. The first kappa shape index (κ1) is 11.9. The van der Waals surface area contributed by atoms with E-state index >= 15 is 0 Å². The number of anilines is 1. The molecule has 3 N–H and O–H groups in total. The first-order valence-electron chi connectivity index (χ1n) is 5.18. The molecule has 6 heteroatoms. The Hall–Kier alpha value is -1.53. The number of nitrogens with one attached hydrogen (secondary N) is 1. The Morgan fingerprint density at radius 1 is 1.47 bits per heavy atom. The van der Waals surface area contributed by atoms with Gasteiger partial charge in [-0.1, -0.05) is 17.8 Å². The van der Waals surface area contributed by atoms with Crippen molar-refractivity contribution in [3.8, 4) is 0 Å². The fraction of sp³-hybridized carbons (Fsp3) is 0.273. The quantitative estimate of drug-likeness (QED) is 0.492. The van der Waals surface area contributed by atoms with Crippen molar-refractivity contribution < 1.29 is 4.42 Å². The predicted octanol–water partition coefficient (Wildman–Crippen LogP) is 2.26. The van der Waals surface area contributed by atoms with Gasteiger partial charge in [0.15, 0.2) is 0 Å². The van der Waals surface area contributed by atoms with Crippen molar-refractivity contribution in [3.63, 3.8) is 0 Å². The molecule has 0 radical (unpaired) electrons. The van der Waals surface area contributed by atoms with E-state index in [-0.39, 0.29) is 0 Å². The zero-order valence-electron chi connectivity index (χ0n) is 9.73. The lowest BCUT2D eigenvalue weighted by molar-refractivity contribution is 0.431. The van der Waals surface area contributed by atoms with Crippen LogP contribution in [0.5, 0.6) is 0 Å². The highest BCUT2D eigenvalue weighted by Crippen LogP contribution is 2.26. The molecule has 17 heavy (non-hydrogen) atoms. The van der Waals surface area contributed by atoms with Gasteiger partial charge >= 0.3 is 0 Å². The standard InChI is InChI=1S/C11H14N4OS/c1-7-8(2)16-11(14-7)17-6-9-4-3-5-13-10(9)15-12/h3-5H,6,12H2,1-2H3,(H,13,15). The normalized spacial score (nSPS) is 10.5. The molecule has 2 aromatic heterocycles. The Morgan fingerprint density at radius 2 is 2.29 bits per heavy atom. The molecule has 0 saturated heterocycles. The fourth-order valence-corrected chi connectivity index (χ4v) is 2.23. The maximum absolute atomic E-state index is 5.49. The molecular formula is C11H14N4OS. The van der Waals surface area contributed by atoms with Crippen molar-refractivity contribution in [1.82, 2.24) is 9.97 Å². The van der Waals surface area contributed by atoms with Gasteiger partial charge in [0.1, 0.15) is 11.6 Å². The van der Waals surface area contributed by atoms with Crippen molar-refractivity contribution in [2.24, 2.45) is 5.84 Å². The SMILES string of the molecule is Cc1nc(SCc2cccnc2NN)oc1C. The van der Waals surface area contributed by atoms with Crippen LogP contribution < -0.4 is 11.3 Å². The van der Waals surface area contributed by atoms with E-state index in [1.165, 1.54) is 11.8 Å². The van der Waals surface area contributed by atoms with Gasteiger partial charge < -0.3 is 9.84 Å². The van der Waals surface area contributed by atoms with Gasteiger partial charge in [-0.2, -0.15) is 0 Å². The summed E-state index contributed by atoms with van der Waals surface area (Å²) in [5.41, 5.74) is 4.52. The van der Waals surface area contributed by atoms with E-state index in [2.05, 4.69) is 15.4 Å². The van der Waals surface area contributed by atoms with Gasteiger partial charge in [-0.25, -0.2) is 15.8 Å². The number of hydrazine groups is 1. The molecule has 0 aliphatic carbocycles. The van der Waals surface area contributed by atoms with Crippen molar-refractivity contribution in [3.05, 3.63) is 35.3 Å². The summed E-state index contributed by atoms with van der Waals surface area (Å²) in [4.78, 5) is 8.44. The molecule has 2 heterocycles. The maximum Gasteiger partial charge on any atom is 0.256 e. The maximum atomic E-state index is 5.49. The molecule has 0 aromatic carbocycles. The number of oxazole rings is 1. The van der Waals surface area contributed by atoms with Crippen LogP contribution in [-0.4, -0.2) is 9.97 Å². The van der Waals surface area contributed by atoms with Gasteiger partial charge in [0.2, 0.25) is 0 Å². The van der Waals surface area contributed by atoms with E-state index in [0.717, 1.165) is 17.0 Å². The topological polar surface area (TPSA) is 77.0 Å². The van der Waals surface area contributed by atoms with Gasteiger partial charge in [0.05, 0.1) is 5.69 Å². The number of rotatable bonds is 4. The van der Waals surface area contributed by atoms with Crippen LogP contribution in [0.25, 0.3) is 0 Å². The lowest BCUT2D eigenvalue weighted by Gasteiger charge is -2.05. The van der Waals surface area contributed by atoms with Crippen LogP contribution in [0.1, 0.15) is 17.0 Å². The number of nitrogens with two attached hydrogens (primary N) is 1. The molecule has 0 atom stereocenters. The highest BCUT2D eigenvalue weighted by atomic mass is 32.2. The Balaban J connectivity index is 2.07. The highest BCUT2D eigenvalue weighted by Gasteiger charge is 2.08. The molecule has 2 rings (SSSR count). The van der Waals surface area contributed by atoms with Crippen molar-refractivity contribution in [1.29, 1.82) is 0 Å². The zero-order valence-corrected chi connectivity index (χ0v) is 10.5.